The zero-order valence-corrected chi connectivity index (χ0v) is 16.6. The molecule has 1 amide bonds. The van der Waals surface area contributed by atoms with Gasteiger partial charge in [0, 0.05) is 30.4 Å². The molecule has 0 saturated heterocycles. The zero-order chi connectivity index (χ0) is 20.4. The molecule has 0 atom stereocenters. The van der Waals surface area contributed by atoms with E-state index in [0.29, 0.717) is 22.6 Å². The van der Waals surface area contributed by atoms with Crippen molar-refractivity contribution in [1.29, 1.82) is 0 Å². The van der Waals surface area contributed by atoms with E-state index >= 15 is 0 Å². The number of carbonyl (C=O) groups excluding carboxylic acids is 1. The Bertz CT molecular complexity index is 1230. The highest BCUT2D eigenvalue weighted by Gasteiger charge is 2.16. The summed E-state index contributed by atoms with van der Waals surface area (Å²) in [5.41, 5.74) is 3.56. The Balaban J connectivity index is 1.59. The summed E-state index contributed by atoms with van der Waals surface area (Å²) in [7, 11) is 1.80. The smallest absolute Gasteiger partial charge is 0.278 e. The highest BCUT2D eigenvalue weighted by Crippen LogP contribution is 2.28. The number of hydrogen-bond donors (Lipinski definition) is 1. The lowest BCUT2D eigenvalue weighted by molar-refractivity contribution is -0.121. The third-order valence-electron chi connectivity index (χ3n) is 4.75. The van der Waals surface area contributed by atoms with Crippen LogP contribution in [0.15, 0.2) is 71.9 Å². The molecule has 0 aliphatic carbocycles. The van der Waals surface area contributed by atoms with Gasteiger partial charge >= 0.3 is 0 Å². The Morgan fingerprint density at radius 2 is 1.83 bits per heavy atom. The van der Waals surface area contributed by atoms with Gasteiger partial charge in [-0.2, -0.15) is 0 Å². The molecule has 0 saturated carbocycles. The molecule has 6 nitrogen and oxygen atoms in total. The molecule has 2 heterocycles. The summed E-state index contributed by atoms with van der Waals surface area (Å²) in [6.45, 7) is 0.324. The highest BCUT2D eigenvalue weighted by atomic mass is 35.5. The maximum absolute atomic E-state index is 13.0. The lowest BCUT2D eigenvalue weighted by Gasteiger charge is -2.08. The molecular weight excluding hydrogens is 388 g/mol. The molecular formula is C22H19ClN4O2. The minimum atomic E-state index is -0.257. The summed E-state index contributed by atoms with van der Waals surface area (Å²) in [4.78, 5) is 29.7. The van der Waals surface area contributed by atoms with Crippen LogP contribution in [0.5, 0.6) is 0 Å². The largest absolute Gasteiger partial charge is 0.350 e. The van der Waals surface area contributed by atoms with Crippen molar-refractivity contribution in [3.8, 4) is 11.1 Å². The first-order valence-corrected chi connectivity index (χ1v) is 9.52. The predicted molar refractivity (Wildman–Crippen MR) is 114 cm³/mol. The second kappa shape index (κ2) is 7.93. The minimum Gasteiger partial charge on any atom is -0.350 e. The maximum atomic E-state index is 13.0. The van der Waals surface area contributed by atoms with Gasteiger partial charge in [0.25, 0.3) is 5.56 Å². The van der Waals surface area contributed by atoms with E-state index in [1.807, 2.05) is 48.7 Å². The molecule has 0 aliphatic heterocycles. The first-order valence-electron chi connectivity index (χ1n) is 9.14. The number of hydrogen-bond acceptors (Lipinski definition) is 3. The third-order valence-corrected chi connectivity index (χ3v) is 5.00. The quantitative estimate of drug-likeness (QED) is 0.552. The molecule has 146 valence electrons. The summed E-state index contributed by atoms with van der Waals surface area (Å²) in [5, 5.41) is 3.47. The van der Waals surface area contributed by atoms with Gasteiger partial charge < -0.3 is 9.88 Å². The van der Waals surface area contributed by atoms with Crippen LogP contribution in [0.3, 0.4) is 0 Å². The van der Waals surface area contributed by atoms with Crippen LogP contribution in [0.4, 0.5) is 0 Å². The van der Waals surface area contributed by atoms with Crippen LogP contribution < -0.4 is 10.9 Å². The Labute approximate surface area is 172 Å². The van der Waals surface area contributed by atoms with Crippen molar-refractivity contribution >= 4 is 28.5 Å². The molecule has 4 aromatic rings. The number of amides is 1. The normalized spacial score (nSPS) is 11.0. The van der Waals surface area contributed by atoms with Crippen molar-refractivity contribution in [2.45, 2.75) is 13.1 Å². The SMILES string of the molecule is Cn1cc(-c2ccc(Cl)cc2)c2ncn(CC(=O)NCc3ccccc3)c(=O)c21. The van der Waals surface area contributed by atoms with Crippen molar-refractivity contribution < 1.29 is 4.79 Å². The van der Waals surface area contributed by atoms with Gasteiger partial charge in [-0.15, -0.1) is 0 Å². The molecule has 0 bridgehead atoms. The summed E-state index contributed by atoms with van der Waals surface area (Å²) in [6.07, 6.45) is 3.29. The molecule has 0 aliphatic rings. The van der Waals surface area contributed by atoms with Crippen molar-refractivity contribution in [1.82, 2.24) is 19.4 Å². The fourth-order valence-corrected chi connectivity index (χ4v) is 3.40. The number of nitrogens with one attached hydrogen (secondary N) is 1. The van der Waals surface area contributed by atoms with E-state index in [0.717, 1.165) is 16.7 Å². The molecule has 2 aromatic heterocycles. The highest BCUT2D eigenvalue weighted by molar-refractivity contribution is 6.30. The Morgan fingerprint density at radius 3 is 2.55 bits per heavy atom. The number of fused-ring (bicyclic) bond motifs is 1. The molecule has 1 N–H and O–H groups in total. The number of aromatic nitrogens is 3. The number of aryl methyl sites for hydroxylation is 1. The van der Waals surface area contributed by atoms with Crippen LogP contribution in [0.1, 0.15) is 5.56 Å². The Hall–Kier alpha value is -3.38. The number of carbonyl (C=O) groups is 1. The molecule has 0 spiro atoms. The van der Waals surface area contributed by atoms with Crippen LogP contribution in [0.2, 0.25) is 5.02 Å². The molecule has 0 unspecified atom stereocenters. The summed E-state index contributed by atoms with van der Waals surface area (Å²) in [6, 6.07) is 17.0. The Kier molecular flexibility index (Phi) is 5.18. The fraction of sp³-hybridized carbons (Fsp3) is 0.136. The summed E-state index contributed by atoms with van der Waals surface area (Å²) >= 11 is 5.97. The van der Waals surface area contributed by atoms with Gasteiger partial charge in [0.2, 0.25) is 5.91 Å². The van der Waals surface area contributed by atoms with Gasteiger partial charge in [-0.1, -0.05) is 54.1 Å². The van der Waals surface area contributed by atoms with Crippen molar-refractivity contribution in [2.75, 3.05) is 0 Å². The second-order valence-electron chi connectivity index (χ2n) is 6.80. The first kappa shape index (κ1) is 19.0. The van der Waals surface area contributed by atoms with Crippen LogP contribution in [0, 0.1) is 0 Å². The third kappa shape index (κ3) is 3.93. The average molecular weight is 407 g/mol. The minimum absolute atomic E-state index is 0.0872. The monoisotopic (exact) mass is 406 g/mol. The van der Waals surface area contributed by atoms with Crippen molar-refractivity contribution in [3.05, 3.63) is 88.1 Å². The van der Waals surface area contributed by atoms with E-state index < -0.39 is 0 Å². The van der Waals surface area contributed by atoms with Crippen LogP contribution in [-0.2, 0) is 24.9 Å². The van der Waals surface area contributed by atoms with Gasteiger partial charge in [0.05, 0.1) is 6.33 Å². The van der Waals surface area contributed by atoms with E-state index in [9.17, 15) is 9.59 Å². The van der Waals surface area contributed by atoms with Gasteiger partial charge in [0.1, 0.15) is 17.6 Å². The fourth-order valence-electron chi connectivity index (χ4n) is 3.27. The van der Waals surface area contributed by atoms with E-state index in [-0.39, 0.29) is 18.0 Å². The number of halogens is 1. The van der Waals surface area contributed by atoms with Crippen LogP contribution >= 0.6 is 11.6 Å². The van der Waals surface area contributed by atoms with E-state index in [4.69, 9.17) is 11.6 Å². The molecule has 0 radical (unpaired) electrons. The topological polar surface area (TPSA) is 68.9 Å². The van der Waals surface area contributed by atoms with E-state index in [2.05, 4.69) is 10.3 Å². The average Bonchev–Trinajstić information content (AvgIpc) is 3.07. The predicted octanol–water partition coefficient (Wildman–Crippen LogP) is 3.37. The Morgan fingerprint density at radius 1 is 1.10 bits per heavy atom. The van der Waals surface area contributed by atoms with Gasteiger partial charge in [-0.3, -0.25) is 14.2 Å². The van der Waals surface area contributed by atoms with Gasteiger partial charge in [0.15, 0.2) is 0 Å². The number of rotatable bonds is 5. The van der Waals surface area contributed by atoms with Crippen LogP contribution in [-0.4, -0.2) is 20.0 Å². The molecule has 7 heteroatoms. The standard InChI is InChI=1S/C22H19ClN4O2/c1-26-12-18(16-7-9-17(23)10-8-16)20-21(26)22(29)27(14-25-20)13-19(28)24-11-15-5-3-2-4-6-15/h2-10,12,14H,11,13H2,1H3,(H,24,28). The molecule has 0 fully saturated rings. The van der Waals surface area contributed by atoms with Crippen LogP contribution in [0.25, 0.3) is 22.2 Å². The van der Waals surface area contributed by atoms with E-state index in [1.165, 1.54) is 10.9 Å². The second-order valence-corrected chi connectivity index (χ2v) is 7.23. The lowest BCUT2D eigenvalue weighted by atomic mass is 10.1. The summed E-state index contributed by atoms with van der Waals surface area (Å²) < 4.78 is 3.07. The number of nitrogens with zero attached hydrogens (tertiary/aromatic N) is 3. The molecule has 4 rings (SSSR count). The molecule has 29 heavy (non-hydrogen) atoms. The number of benzene rings is 2. The molecule has 2 aromatic carbocycles. The van der Waals surface area contributed by atoms with Gasteiger partial charge in [-0.25, -0.2) is 4.98 Å². The van der Waals surface area contributed by atoms with Crippen molar-refractivity contribution in [2.24, 2.45) is 7.05 Å². The van der Waals surface area contributed by atoms with Crippen molar-refractivity contribution in [3.63, 3.8) is 0 Å². The zero-order valence-electron chi connectivity index (χ0n) is 15.8. The first-order chi connectivity index (χ1) is 14.0. The maximum Gasteiger partial charge on any atom is 0.278 e. The lowest BCUT2D eigenvalue weighted by Crippen LogP contribution is -2.32. The van der Waals surface area contributed by atoms with E-state index in [1.54, 1.807) is 23.7 Å². The van der Waals surface area contributed by atoms with Gasteiger partial charge in [-0.05, 0) is 23.3 Å². The summed E-state index contributed by atoms with van der Waals surface area (Å²) in [5.74, 6) is -0.246.